The zero-order chi connectivity index (χ0) is 17.7. The van der Waals surface area contributed by atoms with Gasteiger partial charge in [0.1, 0.15) is 5.76 Å². The molecule has 0 aromatic carbocycles. The first-order valence-corrected chi connectivity index (χ1v) is 8.44. The summed E-state index contributed by atoms with van der Waals surface area (Å²) in [4.78, 5) is 18.2. The number of carbonyl (C=O) groups excluding carboxylic acids is 1. The summed E-state index contributed by atoms with van der Waals surface area (Å²) in [6, 6.07) is 0. The molecule has 0 amide bonds. The number of aryl methyl sites for hydroxylation is 2. The van der Waals surface area contributed by atoms with E-state index in [4.69, 9.17) is 9.26 Å². The first-order valence-electron chi connectivity index (χ1n) is 8.44. The lowest BCUT2D eigenvalue weighted by Gasteiger charge is -2.33. The fourth-order valence-corrected chi connectivity index (χ4v) is 3.37. The molecule has 1 aromatic heterocycles. The van der Waals surface area contributed by atoms with Crippen LogP contribution in [0.4, 0.5) is 0 Å². The van der Waals surface area contributed by atoms with Gasteiger partial charge in [0.05, 0.1) is 18.7 Å². The zero-order valence-electron chi connectivity index (χ0n) is 15.7. The van der Waals surface area contributed by atoms with Gasteiger partial charge in [0.15, 0.2) is 5.96 Å². The van der Waals surface area contributed by atoms with E-state index in [2.05, 4.69) is 27.3 Å². The molecule has 2 rings (SSSR count). The molecule has 142 valence electrons. The summed E-state index contributed by atoms with van der Waals surface area (Å²) >= 11 is 0. The summed E-state index contributed by atoms with van der Waals surface area (Å²) in [6.45, 7) is 8.42. The standard InChI is InChI=1S/C17H28N4O3.HI/c1-11(15-12(2)20-24-13(15)3)10-19-17(18-4)21-8-6-14(7-9-21)16(22)23-5;/h11,14H,6-10H2,1-5H3,(H,18,19);1H. The number of piperidine rings is 1. The number of methoxy groups -OCH3 is 1. The van der Waals surface area contributed by atoms with Crippen LogP contribution in [-0.4, -0.2) is 55.8 Å². The van der Waals surface area contributed by atoms with Crippen molar-refractivity contribution >= 4 is 35.9 Å². The molecule has 25 heavy (non-hydrogen) atoms. The number of aromatic nitrogens is 1. The van der Waals surface area contributed by atoms with Crippen LogP contribution in [0.5, 0.6) is 0 Å². The molecule has 0 radical (unpaired) electrons. The third kappa shape index (κ3) is 5.32. The van der Waals surface area contributed by atoms with Crippen molar-refractivity contribution < 1.29 is 14.1 Å². The van der Waals surface area contributed by atoms with Gasteiger partial charge in [0.2, 0.25) is 0 Å². The van der Waals surface area contributed by atoms with Crippen LogP contribution < -0.4 is 5.32 Å². The summed E-state index contributed by atoms with van der Waals surface area (Å²) < 4.78 is 10.1. The Labute approximate surface area is 166 Å². The number of esters is 1. The van der Waals surface area contributed by atoms with Gasteiger partial charge in [-0.05, 0) is 26.7 Å². The Morgan fingerprint density at radius 2 is 2.08 bits per heavy atom. The van der Waals surface area contributed by atoms with E-state index in [-0.39, 0.29) is 41.8 Å². The molecule has 1 N–H and O–H groups in total. The minimum atomic E-state index is -0.107. The topological polar surface area (TPSA) is 80.0 Å². The summed E-state index contributed by atoms with van der Waals surface area (Å²) in [5.41, 5.74) is 2.10. The predicted molar refractivity (Wildman–Crippen MR) is 107 cm³/mol. The minimum Gasteiger partial charge on any atom is -0.469 e. The minimum absolute atomic E-state index is 0. The van der Waals surface area contributed by atoms with Gasteiger partial charge in [-0.1, -0.05) is 12.1 Å². The van der Waals surface area contributed by atoms with Crippen LogP contribution in [0.2, 0.25) is 0 Å². The number of carbonyl (C=O) groups is 1. The molecular weight excluding hydrogens is 435 g/mol. The van der Waals surface area contributed by atoms with Gasteiger partial charge in [0, 0.05) is 38.2 Å². The largest absolute Gasteiger partial charge is 0.469 e. The van der Waals surface area contributed by atoms with Gasteiger partial charge in [-0.25, -0.2) is 0 Å². The molecule has 0 spiro atoms. The van der Waals surface area contributed by atoms with Crippen molar-refractivity contribution in [2.45, 2.75) is 39.5 Å². The number of guanidine groups is 1. The highest BCUT2D eigenvalue weighted by Crippen LogP contribution is 2.23. The Hall–Kier alpha value is -1.32. The number of rotatable bonds is 4. The summed E-state index contributed by atoms with van der Waals surface area (Å²) in [7, 11) is 3.24. The lowest BCUT2D eigenvalue weighted by atomic mass is 9.97. The van der Waals surface area contributed by atoms with Gasteiger partial charge in [-0.3, -0.25) is 9.79 Å². The van der Waals surface area contributed by atoms with Crippen LogP contribution in [0.1, 0.15) is 42.7 Å². The van der Waals surface area contributed by atoms with E-state index in [9.17, 15) is 4.79 Å². The SMILES string of the molecule is CN=C(NCC(C)c1c(C)noc1C)N1CCC(C(=O)OC)CC1.I. The van der Waals surface area contributed by atoms with Crippen molar-refractivity contribution in [2.24, 2.45) is 10.9 Å². The number of hydrogen-bond donors (Lipinski definition) is 1. The highest BCUT2D eigenvalue weighted by molar-refractivity contribution is 14.0. The molecule has 0 aliphatic carbocycles. The average molecular weight is 464 g/mol. The monoisotopic (exact) mass is 464 g/mol. The van der Waals surface area contributed by atoms with Gasteiger partial charge < -0.3 is 19.5 Å². The highest BCUT2D eigenvalue weighted by atomic mass is 127. The molecule has 1 fully saturated rings. The Morgan fingerprint density at radius 3 is 2.56 bits per heavy atom. The average Bonchev–Trinajstić information content (AvgIpc) is 2.93. The Balaban J connectivity index is 0.00000312. The normalized spacial score (nSPS) is 17.0. The third-order valence-corrected chi connectivity index (χ3v) is 4.69. The fraction of sp³-hybridized carbons (Fsp3) is 0.706. The Bertz CT molecular complexity index is 575. The molecule has 1 unspecified atom stereocenters. The molecule has 1 aliphatic rings. The highest BCUT2D eigenvalue weighted by Gasteiger charge is 2.27. The van der Waals surface area contributed by atoms with Gasteiger partial charge in [-0.2, -0.15) is 0 Å². The maximum Gasteiger partial charge on any atom is 0.308 e. The van der Waals surface area contributed by atoms with E-state index in [0.717, 1.165) is 55.5 Å². The second kappa shape index (κ2) is 9.98. The maximum atomic E-state index is 11.6. The first-order chi connectivity index (χ1) is 11.5. The van der Waals surface area contributed by atoms with Crippen LogP contribution in [0.25, 0.3) is 0 Å². The molecule has 8 heteroatoms. The summed E-state index contributed by atoms with van der Waals surface area (Å²) in [5.74, 6) is 1.92. The molecule has 2 heterocycles. The van der Waals surface area contributed by atoms with E-state index in [0.29, 0.717) is 0 Å². The number of halogens is 1. The smallest absolute Gasteiger partial charge is 0.308 e. The molecule has 1 aromatic rings. The predicted octanol–water partition coefficient (Wildman–Crippen LogP) is 2.47. The second-order valence-electron chi connectivity index (χ2n) is 6.35. The number of likely N-dealkylation sites (tertiary alicyclic amines) is 1. The molecule has 1 aliphatic heterocycles. The van der Waals surface area contributed by atoms with Crippen molar-refractivity contribution in [2.75, 3.05) is 33.8 Å². The van der Waals surface area contributed by atoms with Crippen molar-refractivity contribution in [1.82, 2.24) is 15.4 Å². The molecule has 0 bridgehead atoms. The van der Waals surface area contributed by atoms with Crippen LogP contribution in [0.3, 0.4) is 0 Å². The lowest BCUT2D eigenvalue weighted by molar-refractivity contribution is -0.146. The van der Waals surface area contributed by atoms with Crippen molar-refractivity contribution in [1.29, 1.82) is 0 Å². The van der Waals surface area contributed by atoms with Crippen LogP contribution >= 0.6 is 24.0 Å². The maximum absolute atomic E-state index is 11.6. The van der Waals surface area contributed by atoms with Crippen molar-refractivity contribution in [3.63, 3.8) is 0 Å². The number of hydrogen-bond acceptors (Lipinski definition) is 5. The fourth-order valence-electron chi connectivity index (χ4n) is 3.37. The molecule has 7 nitrogen and oxygen atoms in total. The van der Waals surface area contributed by atoms with Crippen LogP contribution in [-0.2, 0) is 9.53 Å². The molecule has 0 saturated carbocycles. The summed E-state index contributed by atoms with van der Waals surface area (Å²) in [5, 5.41) is 7.45. The van der Waals surface area contributed by atoms with E-state index in [1.54, 1.807) is 7.05 Å². The molecular formula is C17H29IN4O3. The first kappa shape index (κ1) is 21.7. The van der Waals surface area contributed by atoms with Crippen LogP contribution in [0, 0.1) is 19.8 Å². The Kier molecular flexibility index (Phi) is 8.67. The van der Waals surface area contributed by atoms with Gasteiger partial charge >= 0.3 is 5.97 Å². The van der Waals surface area contributed by atoms with Crippen molar-refractivity contribution in [3.8, 4) is 0 Å². The number of aliphatic imine (C=N–C) groups is 1. The number of ether oxygens (including phenoxy) is 1. The zero-order valence-corrected chi connectivity index (χ0v) is 18.0. The second-order valence-corrected chi connectivity index (χ2v) is 6.35. The van der Waals surface area contributed by atoms with Crippen molar-refractivity contribution in [3.05, 3.63) is 17.0 Å². The van der Waals surface area contributed by atoms with Crippen LogP contribution in [0.15, 0.2) is 9.52 Å². The third-order valence-electron chi connectivity index (χ3n) is 4.69. The van der Waals surface area contributed by atoms with Gasteiger partial charge in [0.25, 0.3) is 0 Å². The lowest BCUT2D eigenvalue weighted by Crippen LogP contribution is -2.47. The molecule has 1 saturated heterocycles. The van der Waals surface area contributed by atoms with E-state index in [1.807, 2.05) is 13.8 Å². The van der Waals surface area contributed by atoms with E-state index in [1.165, 1.54) is 7.11 Å². The van der Waals surface area contributed by atoms with E-state index >= 15 is 0 Å². The molecule has 1 atom stereocenters. The number of nitrogens with zero attached hydrogens (tertiary/aromatic N) is 3. The summed E-state index contributed by atoms with van der Waals surface area (Å²) in [6.07, 6.45) is 1.60. The van der Waals surface area contributed by atoms with E-state index < -0.39 is 0 Å². The Morgan fingerprint density at radius 1 is 1.44 bits per heavy atom. The number of nitrogens with one attached hydrogen (secondary N) is 1. The van der Waals surface area contributed by atoms with Gasteiger partial charge in [-0.15, -0.1) is 24.0 Å². The quantitative estimate of drug-likeness (QED) is 0.319.